The maximum absolute atomic E-state index is 13.1. The number of ether oxygens (including phenoxy) is 1. The summed E-state index contributed by atoms with van der Waals surface area (Å²) >= 11 is 0. The molecule has 1 atom stereocenters. The maximum Gasteiger partial charge on any atom is 0.340 e. The first-order valence-corrected chi connectivity index (χ1v) is 11.4. The van der Waals surface area contributed by atoms with Gasteiger partial charge in [0.05, 0.1) is 12.2 Å². The van der Waals surface area contributed by atoms with Gasteiger partial charge in [-0.1, -0.05) is 19.1 Å². The molecule has 178 valence electrons. The fraction of sp³-hybridized carbons (Fsp3) is 0.480. The normalized spacial score (nSPS) is 15.2. The number of esters is 1. The molecular formula is C25H32FN3O4. The largest absolute Gasteiger partial charge is 0.462 e. The Morgan fingerprint density at radius 2 is 1.82 bits per heavy atom. The Morgan fingerprint density at radius 3 is 2.42 bits per heavy atom. The molecule has 0 bridgehead atoms. The van der Waals surface area contributed by atoms with Crippen LogP contribution >= 0.6 is 0 Å². The van der Waals surface area contributed by atoms with Crippen LogP contribution in [0.15, 0.2) is 24.3 Å². The van der Waals surface area contributed by atoms with E-state index in [0.29, 0.717) is 42.1 Å². The number of hydrogen-bond donors (Lipinski definition) is 2. The van der Waals surface area contributed by atoms with Crippen LogP contribution in [0, 0.1) is 31.5 Å². The van der Waals surface area contributed by atoms with Crippen LogP contribution < -0.4 is 5.32 Å². The van der Waals surface area contributed by atoms with Crippen molar-refractivity contribution in [2.45, 2.75) is 47.1 Å². The highest BCUT2D eigenvalue weighted by molar-refractivity contribution is 6.00. The monoisotopic (exact) mass is 457 g/mol. The van der Waals surface area contributed by atoms with E-state index in [-0.39, 0.29) is 36.1 Å². The summed E-state index contributed by atoms with van der Waals surface area (Å²) in [6.45, 7) is 8.89. The Balaban J connectivity index is 1.55. The van der Waals surface area contributed by atoms with E-state index < -0.39 is 5.97 Å². The number of halogens is 1. The third kappa shape index (κ3) is 5.61. The molecule has 2 amide bonds. The van der Waals surface area contributed by atoms with Gasteiger partial charge in [-0.3, -0.25) is 9.59 Å². The van der Waals surface area contributed by atoms with E-state index in [1.165, 1.54) is 12.1 Å². The third-order valence-corrected chi connectivity index (χ3v) is 6.46. The second-order valence-corrected chi connectivity index (χ2v) is 8.61. The number of carbonyl (C=O) groups is 3. The van der Waals surface area contributed by atoms with E-state index in [1.54, 1.807) is 37.8 Å². The number of benzene rings is 1. The van der Waals surface area contributed by atoms with Gasteiger partial charge in [-0.05, 0) is 62.8 Å². The van der Waals surface area contributed by atoms with E-state index >= 15 is 0 Å². The highest BCUT2D eigenvalue weighted by Crippen LogP contribution is 2.27. The summed E-state index contributed by atoms with van der Waals surface area (Å²) in [6.07, 6.45) is 1.45. The van der Waals surface area contributed by atoms with Crippen molar-refractivity contribution in [1.29, 1.82) is 0 Å². The van der Waals surface area contributed by atoms with Gasteiger partial charge in [0, 0.05) is 31.2 Å². The minimum Gasteiger partial charge on any atom is -0.462 e. The molecule has 0 saturated carbocycles. The molecule has 1 aliphatic heterocycles. The van der Waals surface area contributed by atoms with Crippen molar-refractivity contribution in [1.82, 2.24) is 15.2 Å². The van der Waals surface area contributed by atoms with E-state index in [9.17, 15) is 18.8 Å². The van der Waals surface area contributed by atoms with Crippen LogP contribution in [0.25, 0.3) is 0 Å². The van der Waals surface area contributed by atoms with Crippen LogP contribution in [0.3, 0.4) is 0 Å². The molecule has 2 N–H and O–H groups in total. The fourth-order valence-electron chi connectivity index (χ4n) is 4.40. The molecule has 0 radical (unpaired) electrons. The van der Waals surface area contributed by atoms with Crippen molar-refractivity contribution >= 4 is 17.8 Å². The van der Waals surface area contributed by atoms with Crippen LogP contribution in [-0.4, -0.2) is 47.4 Å². The topological polar surface area (TPSA) is 91.5 Å². The zero-order valence-corrected chi connectivity index (χ0v) is 19.7. The van der Waals surface area contributed by atoms with E-state index in [4.69, 9.17) is 4.74 Å². The number of hydrogen-bond acceptors (Lipinski definition) is 4. The smallest absolute Gasteiger partial charge is 0.340 e. The first-order valence-electron chi connectivity index (χ1n) is 11.4. The summed E-state index contributed by atoms with van der Waals surface area (Å²) < 4.78 is 18.1. The quantitative estimate of drug-likeness (QED) is 0.620. The van der Waals surface area contributed by atoms with Crippen molar-refractivity contribution in [2.75, 3.05) is 19.7 Å². The molecule has 1 aliphatic rings. The molecular weight excluding hydrogens is 425 g/mol. The first kappa shape index (κ1) is 24.5. The second-order valence-electron chi connectivity index (χ2n) is 8.61. The van der Waals surface area contributed by atoms with Crippen molar-refractivity contribution in [3.8, 4) is 0 Å². The number of piperidine rings is 1. The summed E-state index contributed by atoms with van der Waals surface area (Å²) in [7, 11) is 0. The van der Waals surface area contributed by atoms with Crippen LogP contribution in [0.4, 0.5) is 4.39 Å². The van der Waals surface area contributed by atoms with Crippen LogP contribution in [0.1, 0.15) is 64.4 Å². The minimum absolute atomic E-state index is 0.0426. The SMILES string of the molecule is CCOC(=O)c1c(C)[nH]c(C(=O)N2CCC([C@@H](C)C(=O)NCc3ccc(F)cc3)CC2)c1C. The predicted molar refractivity (Wildman–Crippen MR) is 122 cm³/mol. The zero-order valence-electron chi connectivity index (χ0n) is 19.7. The number of likely N-dealkylation sites (tertiary alicyclic amines) is 1. The van der Waals surface area contributed by atoms with E-state index in [2.05, 4.69) is 10.3 Å². The number of rotatable bonds is 7. The number of H-pyrrole nitrogens is 1. The molecule has 1 fully saturated rings. The number of nitrogens with one attached hydrogen (secondary N) is 2. The Hall–Kier alpha value is -3.16. The van der Waals surface area contributed by atoms with Gasteiger partial charge in [0.15, 0.2) is 0 Å². The van der Waals surface area contributed by atoms with E-state index in [0.717, 1.165) is 18.4 Å². The molecule has 0 spiro atoms. The van der Waals surface area contributed by atoms with Gasteiger partial charge in [0.25, 0.3) is 5.91 Å². The number of aromatic nitrogens is 1. The van der Waals surface area contributed by atoms with Crippen molar-refractivity contribution in [3.05, 3.63) is 58.2 Å². The van der Waals surface area contributed by atoms with Crippen LogP contribution in [0.5, 0.6) is 0 Å². The van der Waals surface area contributed by atoms with E-state index in [1.807, 2.05) is 6.92 Å². The Bertz CT molecular complexity index is 1010. The molecule has 1 aromatic carbocycles. The van der Waals surface area contributed by atoms with Crippen molar-refractivity contribution in [3.63, 3.8) is 0 Å². The molecule has 2 aromatic rings. The lowest BCUT2D eigenvalue weighted by Crippen LogP contribution is -2.42. The Morgan fingerprint density at radius 1 is 1.18 bits per heavy atom. The number of aromatic amines is 1. The standard InChI is InChI=1S/C25H32FN3O4/c1-5-33-25(32)21-16(3)22(28-17(21)4)24(31)29-12-10-19(11-13-29)15(2)23(30)27-14-18-6-8-20(26)9-7-18/h6-9,15,19,28H,5,10-14H2,1-4H3,(H,27,30)/t15-/m1/s1. The lowest BCUT2D eigenvalue weighted by atomic mass is 9.84. The fourth-order valence-corrected chi connectivity index (χ4v) is 4.40. The summed E-state index contributed by atoms with van der Waals surface area (Å²) in [5.41, 5.74) is 2.90. The highest BCUT2D eigenvalue weighted by Gasteiger charge is 2.32. The summed E-state index contributed by atoms with van der Waals surface area (Å²) in [5.74, 6) is -0.933. The predicted octanol–water partition coefficient (Wildman–Crippen LogP) is 3.75. The highest BCUT2D eigenvalue weighted by atomic mass is 19.1. The molecule has 0 aliphatic carbocycles. The first-order chi connectivity index (χ1) is 15.7. The van der Waals surface area contributed by atoms with Crippen LogP contribution in [0.2, 0.25) is 0 Å². The lowest BCUT2D eigenvalue weighted by molar-refractivity contribution is -0.126. The number of aryl methyl sites for hydroxylation is 1. The van der Waals surface area contributed by atoms with Crippen LogP contribution in [-0.2, 0) is 16.1 Å². The van der Waals surface area contributed by atoms with Gasteiger partial charge in [-0.15, -0.1) is 0 Å². The summed E-state index contributed by atoms with van der Waals surface area (Å²) in [6, 6.07) is 6.06. The molecule has 0 unspecified atom stereocenters. The third-order valence-electron chi connectivity index (χ3n) is 6.46. The maximum atomic E-state index is 13.1. The number of carbonyl (C=O) groups excluding carboxylic acids is 3. The average molecular weight is 458 g/mol. The van der Waals surface area contributed by atoms with Crippen molar-refractivity contribution < 1.29 is 23.5 Å². The van der Waals surface area contributed by atoms with Gasteiger partial charge in [0.1, 0.15) is 11.5 Å². The molecule has 1 saturated heterocycles. The summed E-state index contributed by atoms with van der Waals surface area (Å²) in [5, 5.41) is 2.92. The average Bonchev–Trinajstić information content (AvgIpc) is 3.11. The number of amides is 2. The van der Waals surface area contributed by atoms with Gasteiger partial charge in [-0.25, -0.2) is 9.18 Å². The Labute approximate surface area is 193 Å². The number of nitrogens with zero attached hydrogens (tertiary/aromatic N) is 1. The summed E-state index contributed by atoms with van der Waals surface area (Å²) in [4.78, 5) is 42.7. The zero-order chi connectivity index (χ0) is 24.1. The minimum atomic E-state index is -0.429. The molecule has 1 aromatic heterocycles. The van der Waals surface area contributed by atoms with Gasteiger partial charge in [0.2, 0.25) is 5.91 Å². The lowest BCUT2D eigenvalue weighted by Gasteiger charge is -2.34. The van der Waals surface area contributed by atoms with Gasteiger partial charge < -0.3 is 19.9 Å². The molecule has 33 heavy (non-hydrogen) atoms. The van der Waals surface area contributed by atoms with Crippen molar-refractivity contribution in [2.24, 2.45) is 11.8 Å². The Kier molecular flexibility index (Phi) is 7.89. The van der Waals surface area contributed by atoms with Gasteiger partial charge >= 0.3 is 5.97 Å². The second kappa shape index (κ2) is 10.6. The molecule has 2 heterocycles. The van der Waals surface area contributed by atoms with Gasteiger partial charge in [-0.2, -0.15) is 0 Å². The molecule has 7 nitrogen and oxygen atoms in total. The molecule has 8 heteroatoms. The molecule has 3 rings (SSSR count).